The molecule has 2 aromatic carbocycles. The van der Waals surface area contributed by atoms with Crippen LogP contribution in [0.15, 0.2) is 60.9 Å². The monoisotopic (exact) mass is 433 g/mol. The van der Waals surface area contributed by atoms with Crippen LogP contribution >= 0.6 is 0 Å². The summed E-state index contributed by atoms with van der Waals surface area (Å²) < 4.78 is 13.1. The number of methoxy groups -OCH3 is 2. The van der Waals surface area contributed by atoms with Gasteiger partial charge in [-0.3, -0.25) is 4.79 Å². The number of aromatic nitrogens is 1. The Kier molecular flexibility index (Phi) is 6.66. The van der Waals surface area contributed by atoms with Crippen molar-refractivity contribution in [2.75, 3.05) is 14.2 Å². The number of carbonyl (C=O) groups is 1. The number of aliphatic hydroxyl groups excluding tert-OH is 1. The number of nitrogens with zero attached hydrogens (tertiary/aromatic N) is 1. The van der Waals surface area contributed by atoms with E-state index in [4.69, 9.17) is 9.47 Å². The summed E-state index contributed by atoms with van der Waals surface area (Å²) in [4.78, 5) is 12.1. The summed E-state index contributed by atoms with van der Waals surface area (Å²) in [5, 5.41) is 11.5. The molecule has 0 spiro atoms. The van der Waals surface area contributed by atoms with Gasteiger partial charge in [-0.1, -0.05) is 24.3 Å². The van der Waals surface area contributed by atoms with Gasteiger partial charge in [0.15, 0.2) is 5.78 Å². The van der Waals surface area contributed by atoms with E-state index in [2.05, 4.69) is 28.8 Å². The molecule has 168 valence electrons. The van der Waals surface area contributed by atoms with Crippen molar-refractivity contribution in [1.29, 1.82) is 0 Å². The van der Waals surface area contributed by atoms with Gasteiger partial charge in [0.25, 0.3) is 0 Å². The van der Waals surface area contributed by atoms with Gasteiger partial charge in [-0.25, -0.2) is 0 Å². The zero-order valence-corrected chi connectivity index (χ0v) is 19.0. The lowest BCUT2D eigenvalue weighted by Crippen LogP contribution is -2.22. The van der Waals surface area contributed by atoms with E-state index in [1.54, 1.807) is 12.1 Å². The van der Waals surface area contributed by atoms with E-state index >= 15 is 0 Å². The molecule has 3 aromatic rings. The van der Waals surface area contributed by atoms with Gasteiger partial charge in [-0.15, -0.1) is 0 Å². The number of benzene rings is 2. The van der Waals surface area contributed by atoms with Gasteiger partial charge < -0.3 is 19.1 Å². The van der Waals surface area contributed by atoms with E-state index in [-0.39, 0.29) is 11.7 Å². The number of hydrogen-bond acceptors (Lipinski definition) is 4. The predicted molar refractivity (Wildman–Crippen MR) is 124 cm³/mol. The minimum Gasteiger partial charge on any atom is -0.496 e. The number of aliphatic hydroxyl groups is 1. The van der Waals surface area contributed by atoms with Crippen molar-refractivity contribution in [2.24, 2.45) is 11.8 Å². The van der Waals surface area contributed by atoms with Crippen molar-refractivity contribution in [3.63, 3.8) is 0 Å². The van der Waals surface area contributed by atoms with E-state index in [0.717, 1.165) is 19.3 Å². The van der Waals surface area contributed by atoms with Crippen LogP contribution in [0, 0.1) is 11.8 Å². The quantitative estimate of drug-likeness (QED) is 0.490. The summed E-state index contributed by atoms with van der Waals surface area (Å²) in [6, 6.07) is 16.2. The van der Waals surface area contributed by atoms with E-state index < -0.39 is 6.10 Å². The Morgan fingerprint density at radius 2 is 1.59 bits per heavy atom. The van der Waals surface area contributed by atoms with Gasteiger partial charge in [0.2, 0.25) is 0 Å². The molecule has 0 saturated heterocycles. The molecule has 0 radical (unpaired) electrons. The smallest absolute Gasteiger partial charge is 0.167 e. The Labute approximate surface area is 189 Å². The van der Waals surface area contributed by atoms with Crippen LogP contribution in [0.25, 0.3) is 0 Å². The molecule has 0 fully saturated rings. The molecular weight excluding hydrogens is 402 g/mol. The Hall–Kier alpha value is -3.05. The fraction of sp³-hybridized carbons (Fsp3) is 0.370. The van der Waals surface area contributed by atoms with Crippen LogP contribution in [0.4, 0.5) is 0 Å². The first-order chi connectivity index (χ1) is 15.5. The second kappa shape index (κ2) is 9.61. The first-order valence-corrected chi connectivity index (χ1v) is 11.1. The third-order valence-electron chi connectivity index (χ3n) is 6.55. The Bertz CT molecular complexity index is 1020. The molecule has 1 aliphatic carbocycles. The molecule has 0 amide bonds. The highest BCUT2D eigenvalue weighted by molar-refractivity contribution is 5.99. The maximum Gasteiger partial charge on any atom is 0.167 e. The van der Waals surface area contributed by atoms with Crippen LogP contribution in [0.2, 0.25) is 0 Å². The summed E-state index contributed by atoms with van der Waals surface area (Å²) in [5.41, 5.74) is 3.94. The topological polar surface area (TPSA) is 60.7 Å². The number of rotatable bonds is 9. The van der Waals surface area contributed by atoms with Crippen LogP contribution < -0.4 is 9.47 Å². The average Bonchev–Trinajstić information content (AvgIpc) is 3.46. The van der Waals surface area contributed by atoms with Crippen molar-refractivity contribution in [3.05, 3.63) is 83.2 Å². The number of carbonyl (C=O) groups excluding carboxylic acids is 1. The van der Waals surface area contributed by atoms with Crippen molar-refractivity contribution < 1.29 is 19.4 Å². The summed E-state index contributed by atoms with van der Waals surface area (Å²) in [6.07, 6.45) is 6.33. The first kappa shape index (κ1) is 22.2. The van der Waals surface area contributed by atoms with E-state index in [9.17, 15) is 9.90 Å². The lowest BCUT2D eigenvalue weighted by molar-refractivity contribution is 0.0814. The molecule has 1 heterocycles. The Morgan fingerprint density at radius 3 is 2.09 bits per heavy atom. The summed E-state index contributed by atoms with van der Waals surface area (Å²) in [7, 11) is 3.06. The molecule has 0 unspecified atom stereocenters. The normalized spacial score (nSPS) is 15.2. The van der Waals surface area contributed by atoms with Crippen LogP contribution in [-0.4, -0.2) is 29.7 Å². The predicted octanol–water partition coefficient (Wildman–Crippen LogP) is 4.86. The number of ketones is 1. The Balaban J connectivity index is 1.63. The number of Topliss-reactive ketones (excluding diaryl/α,β-unsaturated/α-hetero) is 1. The Morgan fingerprint density at radius 1 is 1.03 bits per heavy atom. The minimum atomic E-state index is -0.718. The summed E-state index contributed by atoms with van der Waals surface area (Å²) in [5.74, 6) is 1.22. The van der Waals surface area contributed by atoms with Crippen molar-refractivity contribution in [2.45, 2.75) is 38.8 Å². The molecule has 0 bridgehead atoms. The van der Waals surface area contributed by atoms with Crippen molar-refractivity contribution in [3.8, 4) is 11.5 Å². The molecular formula is C27H31NO4. The highest BCUT2D eigenvalue weighted by Gasteiger charge is 2.30. The molecule has 0 saturated carbocycles. The van der Waals surface area contributed by atoms with Gasteiger partial charge in [-0.2, -0.15) is 0 Å². The van der Waals surface area contributed by atoms with Crippen LogP contribution in [0.1, 0.15) is 46.5 Å². The molecule has 0 aliphatic heterocycles. The van der Waals surface area contributed by atoms with Crippen LogP contribution in [-0.2, 0) is 19.4 Å². The minimum absolute atomic E-state index is 0.000646. The van der Waals surface area contributed by atoms with Crippen molar-refractivity contribution >= 4 is 5.78 Å². The molecule has 5 heteroatoms. The maximum absolute atomic E-state index is 12.1. The summed E-state index contributed by atoms with van der Waals surface area (Å²) in [6.45, 7) is 2.20. The SMILES string of the molecule is COc1cc([C@@H](O)[C@H](CC2Cc3ccccc3C2)Cn2cccc2)cc(OC)c1C(C)=O. The third-order valence-corrected chi connectivity index (χ3v) is 6.55. The van der Waals surface area contributed by atoms with Gasteiger partial charge in [0, 0.05) is 24.9 Å². The maximum atomic E-state index is 12.1. The van der Waals surface area contributed by atoms with Gasteiger partial charge in [-0.05, 0) is 73.1 Å². The fourth-order valence-electron chi connectivity index (χ4n) is 5.03. The van der Waals surface area contributed by atoms with Gasteiger partial charge in [0.05, 0.1) is 20.3 Å². The molecule has 4 rings (SSSR count). The lowest BCUT2D eigenvalue weighted by Gasteiger charge is -2.27. The van der Waals surface area contributed by atoms with Gasteiger partial charge in [0.1, 0.15) is 17.1 Å². The molecule has 5 nitrogen and oxygen atoms in total. The fourth-order valence-corrected chi connectivity index (χ4v) is 5.03. The molecule has 1 N–H and O–H groups in total. The number of hydrogen-bond donors (Lipinski definition) is 1. The largest absolute Gasteiger partial charge is 0.496 e. The van der Waals surface area contributed by atoms with E-state index in [0.29, 0.717) is 35.1 Å². The van der Waals surface area contributed by atoms with Crippen LogP contribution in [0.3, 0.4) is 0 Å². The second-order valence-corrected chi connectivity index (χ2v) is 8.72. The molecule has 2 atom stereocenters. The average molecular weight is 434 g/mol. The molecule has 32 heavy (non-hydrogen) atoms. The highest BCUT2D eigenvalue weighted by Crippen LogP contribution is 2.39. The van der Waals surface area contributed by atoms with E-state index in [1.165, 1.54) is 32.3 Å². The zero-order chi connectivity index (χ0) is 22.7. The number of fused-ring (bicyclic) bond motifs is 1. The first-order valence-electron chi connectivity index (χ1n) is 11.1. The molecule has 1 aliphatic rings. The second-order valence-electron chi connectivity index (χ2n) is 8.72. The van der Waals surface area contributed by atoms with Gasteiger partial charge >= 0.3 is 0 Å². The molecule has 1 aromatic heterocycles. The zero-order valence-electron chi connectivity index (χ0n) is 19.0. The highest BCUT2D eigenvalue weighted by atomic mass is 16.5. The van der Waals surface area contributed by atoms with Crippen LogP contribution in [0.5, 0.6) is 11.5 Å². The third kappa shape index (κ3) is 4.58. The lowest BCUT2D eigenvalue weighted by atomic mass is 9.85. The standard InChI is InChI=1S/C27H31NO4/c1-18(29)26-24(31-2)15-22(16-25(26)32-3)27(30)23(17-28-10-6-7-11-28)14-19-12-20-8-4-5-9-21(20)13-19/h4-11,15-16,19,23,27,30H,12-14,17H2,1-3H3/t23-,27-/m1/s1. The summed E-state index contributed by atoms with van der Waals surface area (Å²) >= 11 is 0. The van der Waals surface area contributed by atoms with E-state index in [1.807, 2.05) is 24.5 Å². The van der Waals surface area contributed by atoms with Crippen molar-refractivity contribution in [1.82, 2.24) is 4.57 Å². The number of ether oxygens (including phenoxy) is 2.